The van der Waals surface area contributed by atoms with Gasteiger partial charge in [0.15, 0.2) is 0 Å². The van der Waals surface area contributed by atoms with E-state index in [4.69, 9.17) is 23.2 Å². The fourth-order valence-electron chi connectivity index (χ4n) is 2.41. The largest absolute Gasteiger partial charge is 0.369 e. The van der Waals surface area contributed by atoms with Crippen molar-refractivity contribution in [3.05, 3.63) is 60.2 Å². The minimum atomic E-state index is -3.74. The fourth-order valence-corrected chi connectivity index (χ4v) is 3.82. The molecule has 0 aliphatic heterocycles. The van der Waals surface area contributed by atoms with Crippen LogP contribution in [0.15, 0.2) is 64.6 Å². The second kappa shape index (κ2) is 11.8. The van der Waals surface area contributed by atoms with Crippen LogP contribution in [0.3, 0.4) is 0 Å². The standard InChI is InChI=1S/C19H22Cl2N4O3S/c20-10-12-25(13-11-21)17-8-6-16(7-9-17)14-22-24-19(26)15-23-29(27,28)18-4-2-1-3-5-18/h1-9,14,23H,10-13,15H2,(H,24,26)/b22-14+. The third-order valence-corrected chi connectivity index (χ3v) is 5.60. The number of rotatable bonds is 11. The Hall–Kier alpha value is -2.13. The maximum Gasteiger partial charge on any atom is 0.255 e. The fraction of sp³-hybridized carbons (Fsp3) is 0.263. The summed E-state index contributed by atoms with van der Waals surface area (Å²) in [5.74, 6) is 0.424. The number of carbonyl (C=O) groups excluding carboxylic acids is 1. The van der Waals surface area contributed by atoms with Crippen LogP contribution in [0.4, 0.5) is 5.69 Å². The van der Waals surface area contributed by atoms with Gasteiger partial charge < -0.3 is 4.90 Å². The molecule has 2 rings (SSSR count). The molecule has 156 valence electrons. The van der Waals surface area contributed by atoms with Crippen molar-refractivity contribution in [1.29, 1.82) is 0 Å². The molecule has 0 radical (unpaired) electrons. The van der Waals surface area contributed by atoms with Crippen LogP contribution in [0.25, 0.3) is 0 Å². The summed E-state index contributed by atoms with van der Waals surface area (Å²) in [6.07, 6.45) is 1.47. The lowest BCUT2D eigenvalue weighted by Gasteiger charge is -2.22. The predicted molar refractivity (Wildman–Crippen MR) is 117 cm³/mol. The number of halogens is 2. The quantitative estimate of drug-likeness (QED) is 0.308. The number of benzene rings is 2. The molecule has 0 bridgehead atoms. The topological polar surface area (TPSA) is 90.9 Å². The lowest BCUT2D eigenvalue weighted by atomic mass is 10.2. The van der Waals surface area contributed by atoms with Gasteiger partial charge in [-0.15, -0.1) is 23.2 Å². The van der Waals surface area contributed by atoms with E-state index in [1.165, 1.54) is 18.3 Å². The van der Waals surface area contributed by atoms with E-state index in [0.717, 1.165) is 11.3 Å². The third kappa shape index (κ3) is 7.66. The molecular formula is C19H22Cl2N4O3S. The third-order valence-electron chi connectivity index (χ3n) is 3.85. The molecule has 0 aliphatic carbocycles. The first kappa shape index (κ1) is 23.2. The highest BCUT2D eigenvalue weighted by molar-refractivity contribution is 7.89. The van der Waals surface area contributed by atoms with Crippen LogP contribution in [0.1, 0.15) is 5.56 Å². The highest BCUT2D eigenvalue weighted by Crippen LogP contribution is 2.15. The number of amides is 1. The Labute approximate surface area is 180 Å². The minimum Gasteiger partial charge on any atom is -0.369 e. The van der Waals surface area contributed by atoms with Gasteiger partial charge in [0.2, 0.25) is 10.0 Å². The molecule has 2 aromatic carbocycles. The van der Waals surface area contributed by atoms with Gasteiger partial charge in [0.05, 0.1) is 17.7 Å². The van der Waals surface area contributed by atoms with Gasteiger partial charge in [0.25, 0.3) is 5.91 Å². The van der Waals surface area contributed by atoms with Gasteiger partial charge in [0.1, 0.15) is 0 Å². The van der Waals surface area contributed by atoms with E-state index in [1.54, 1.807) is 18.2 Å². The summed E-state index contributed by atoms with van der Waals surface area (Å²) in [4.78, 5) is 14.0. The van der Waals surface area contributed by atoms with Gasteiger partial charge in [-0.1, -0.05) is 30.3 Å². The van der Waals surface area contributed by atoms with Gasteiger partial charge in [0, 0.05) is 30.5 Å². The van der Waals surface area contributed by atoms with Crippen LogP contribution in [0, 0.1) is 0 Å². The Kier molecular flexibility index (Phi) is 9.40. The van der Waals surface area contributed by atoms with Gasteiger partial charge >= 0.3 is 0 Å². The number of hydrazone groups is 1. The number of carbonyl (C=O) groups is 1. The number of nitrogens with zero attached hydrogens (tertiary/aromatic N) is 2. The van der Waals surface area contributed by atoms with E-state index >= 15 is 0 Å². The van der Waals surface area contributed by atoms with Crippen LogP contribution in [0.2, 0.25) is 0 Å². The average Bonchev–Trinajstić information content (AvgIpc) is 2.73. The lowest BCUT2D eigenvalue weighted by Crippen LogP contribution is -2.34. The van der Waals surface area contributed by atoms with Gasteiger partial charge in [-0.3, -0.25) is 4.79 Å². The van der Waals surface area contributed by atoms with E-state index in [0.29, 0.717) is 24.8 Å². The second-order valence-corrected chi connectivity index (χ2v) is 8.41. The van der Waals surface area contributed by atoms with E-state index < -0.39 is 22.5 Å². The highest BCUT2D eigenvalue weighted by Gasteiger charge is 2.14. The molecule has 0 heterocycles. The molecule has 0 saturated heterocycles. The minimum absolute atomic E-state index is 0.0915. The zero-order valence-corrected chi connectivity index (χ0v) is 17.9. The molecule has 7 nitrogen and oxygen atoms in total. The maximum absolute atomic E-state index is 12.1. The predicted octanol–water partition coefficient (Wildman–Crippen LogP) is 2.40. The number of hydrogen-bond acceptors (Lipinski definition) is 5. The van der Waals surface area contributed by atoms with Crippen LogP contribution in [0.5, 0.6) is 0 Å². The SMILES string of the molecule is O=C(CNS(=O)(=O)c1ccccc1)N/N=C/c1ccc(N(CCCl)CCCl)cc1. The first-order valence-corrected chi connectivity index (χ1v) is 11.3. The molecule has 0 atom stereocenters. The van der Waals surface area contributed by atoms with E-state index in [-0.39, 0.29) is 4.90 Å². The molecular weight excluding hydrogens is 435 g/mol. The lowest BCUT2D eigenvalue weighted by molar-refractivity contribution is -0.119. The first-order valence-electron chi connectivity index (χ1n) is 8.80. The Morgan fingerprint density at radius 2 is 1.62 bits per heavy atom. The van der Waals surface area contributed by atoms with Crippen LogP contribution in [-0.4, -0.2) is 51.9 Å². The Morgan fingerprint density at radius 1 is 1.00 bits per heavy atom. The number of alkyl halides is 2. The van der Waals surface area contributed by atoms with Crippen LogP contribution in [-0.2, 0) is 14.8 Å². The first-order chi connectivity index (χ1) is 14.0. The molecule has 29 heavy (non-hydrogen) atoms. The van der Waals surface area contributed by atoms with Crippen molar-refractivity contribution in [3.63, 3.8) is 0 Å². The molecule has 10 heteroatoms. The summed E-state index contributed by atoms with van der Waals surface area (Å²) in [6, 6.07) is 15.3. The summed E-state index contributed by atoms with van der Waals surface area (Å²) >= 11 is 11.6. The normalized spacial score (nSPS) is 11.5. The van der Waals surface area contributed by atoms with E-state index in [1.807, 2.05) is 24.3 Å². The van der Waals surface area contributed by atoms with Crippen molar-refractivity contribution >= 4 is 51.0 Å². The molecule has 0 fully saturated rings. The van der Waals surface area contributed by atoms with Gasteiger partial charge in [-0.2, -0.15) is 5.10 Å². The van der Waals surface area contributed by atoms with Crippen molar-refractivity contribution in [2.24, 2.45) is 5.10 Å². The van der Waals surface area contributed by atoms with Gasteiger partial charge in [-0.05, 0) is 29.8 Å². The maximum atomic E-state index is 12.1. The van der Waals surface area contributed by atoms with Crippen LogP contribution < -0.4 is 15.0 Å². The molecule has 0 saturated carbocycles. The Bertz CT molecular complexity index is 901. The number of hydrogen-bond donors (Lipinski definition) is 2. The van der Waals surface area contributed by atoms with Crippen molar-refractivity contribution in [1.82, 2.24) is 10.1 Å². The number of sulfonamides is 1. The Balaban J connectivity index is 1.85. The molecule has 2 N–H and O–H groups in total. The highest BCUT2D eigenvalue weighted by atomic mass is 35.5. The van der Waals surface area contributed by atoms with E-state index in [2.05, 4.69) is 20.1 Å². The monoisotopic (exact) mass is 456 g/mol. The molecule has 2 aromatic rings. The summed E-state index contributed by atoms with van der Waals surface area (Å²) < 4.78 is 26.4. The zero-order chi connectivity index (χ0) is 21.1. The number of nitrogens with one attached hydrogen (secondary N) is 2. The summed E-state index contributed by atoms with van der Waals surface area (Å²) in [6.45, 7) is 0.965. The molecule has 0 aromatic heterocycles. The zero-order valence-electron chi connectivity index (χ0n) is 15.6. The van der Waals surface area contributed by atoms with Crippen molar-refractivity contribution in [3.8, 4) is 0 Å². The van der Waals surface area contributed by atoms with Crippen molar-refractivity contribution < 1.29 is 13.2 Å². The molecule has 1 amide bonds. The molecule has 0 spiro atoms. The van der Waals surface area contributed by atoms with Crippen molar-refractivity contribution in [2.75, 3.05) is 36.3 Å². The molecule has 0 aliphatic rings. The smallest absolute Gasteiger partial charge is 0.255 e. The average molecular weight is 457 g/mol. The number of anilines is 1. The summed E-state index contributed by atoms with van der Waals surface area (Å²) in [5.41, 5.74) is 4.05. The van der Waals surface area contributed by atoms with Crippen LogP contribution >= 0.6 is 23.2 Å². The summed E-state index contributed by atoms with van der Waals surface area (Å²) in [7, 11) is -3.74. The van der Waals surface area contributed by atoms with E-state index in [9.17, 15) is 13.2 Å². The second-order valence-electron chi connectivity index (χ2n) is 5.89. The Morgan fingerprint density at radius 3 is 2.21 bits per heavy atom. The van der Waals surface area contributed by atoms with Crippen molar-refractivity contribution in [2.45, 2.75) is 4.90 Å². The summed E-state index contributed by atoms with van der Waals surface area (Å²) in [5, 5.41) is 3.85. The molecule has 0 unspecified atom stereocenters. The van der Waals surface area contributed by atoms with Gasteiger partial charge in [-0.25, -0.2) is 18.6 Å².